The third kappa shape index (κ3) is 7.72. The maximum absolute atomic E-state index is 13.8. The summed E-state index contributed by atoms with van der Waals surface area (Å²) in [5.41, 5.74) is -2.57. The van der Waals surface area contributed by atoms with Crippen molar-refractivity contribution in [2.24, 2.45) is 0 Å². The van der Waals surface area contributed by atoms with Crippen molar-refractivity contribution in [3.05, 3.63) is 65.9 Å². The Morgan fingerprint density at radius 3 is 2.63 bits per heavy atom. The van der Waals surface area contributed by atoms with Crippen molar-refractivity contribution in [1.82, 2.24) is 15.2 Å². The van der Waals surface area contributed by atoms with Gasteiger partial charge in [0.2, 0.25) is 5.91 Å². The zero-order chi connectivity index (χ0) is 33.5. The summed E-state index contributed by atoms with van der Waals surface area (Å²) in [5, 5.41) is 12.8. The van der Waals surface area contributed by atoms with E-state index in [1.807, 2.05) is 31.2 Å². The highest BCUT2D eigenvalue weighted by atomic mass is 32.1. The molecule has 1 aliphatic heterocycles. The van der Waals surface area contributed by atoms with E-state index in [1.165, 1.54) is 17.0 Å². The minimum Gasteiger partial charge on any atom is -0.489 e. The van der Waals surface area contributed by atoms with Crippen molar-refractivity contribution in [2.75, 3.05) is 37.9 Å². The lowest BCUT2D eigenvalue weighted by Crippen LogP contribution is -2.53. The van der Waals surface area contributed by atoms with Crippen LogP contribution >= 0.6 is 12.2 Å². The fourth-order valence-corrected chi connectivity index (χ4v) is 5.55. The molecule has 2 aromatic carbocycles. The van der Waals surface area contributed by atoms with Crippen molar-refractivity contribution in [2.45, 2.75) is 51.6 Å². The van der Waals surface area contributed by atoms with Crippen LogP contribution in [0, 0.1) is 11.3 Å². The number of thiocarbonyl (C=S) groups is 1. The number of para-hydroxylation sites is 1. The fraction of sp³-hybridized carbons (Fsp3) is 0.406. The van der Waals surface area contributed by atoms with Gasteiger partial charge in [-0.25, -0.2) is 0 Å². The van der Waals surface area contributed by atoms with Crippen LogP contribution < -0.4 is 15.0 Å². The van der Waals surface area contributed by atoms with E-state index in [2.05, 4.69) is 10.3 Å². The van der Waals surface area contributed by atoms with Gasteiger partial charge < -0.3 is 24.4 Å². The second-order valence-corrected chi connectivity index (χ2v) is 11.2. The summed E-state index contributed by atoms with van der Waals surface area (Å²) < 4.78 is 59.2. The second-order valence-electron chi connectivity index (χ2n) is 10.9. The number of pyridine rings is 1. The summed E-state index contributed by atoms with van der Waals surface area (Å²) in [6.45, 7) is 5.47. The molecule has 0 saturated carbocycles. The normalized spacial score (nSPS) is 15.2. The first-order chi connectivity index (χ1) is 21.9. The molecule has 46 heavy (non-hydrogen) atoms. The summed E-state index contributed by atoms with van der Waals surface area (Å²) in [6, 6.07) is 13.8. The van der Waals surface area contributed by atoms with Crippen LogP contribution in [0.1, 0.15) is 44.7 Å². The van der Waals surface area contributed by atoms with Crippen molar-refractivity contribution in [1.29, 1.82) is 5.26 Å². The van der Waals surface area contributed by atoms with Crippen LogP contribution in [-0.4, -0.2) is 71.5 Å². The Kier molecular flexibility index (Phi) is 11.2. The molecule has 1 fully saturated rings. The molecular weight excluding hydrogens is 623 g/mol. The van der Waals surface area contributed by atoms with E-state index < -0.39 is 35.0 Å². The molecule has 1 aliphatic rings. The van der Waals surface area contributed by atoms with Gasteiger partial charge in [0.25, 0.3) is 5.91 Å². The van der Waals surface area contributed by atoms with Crippen molar-refractivity contribution >= 4 is 45.7 Å². The van der Waals surface area contributed by atoms with Gasteiger partial charge in [0, 0.05) is 24.5 Å². The smallest absolute Gasteiger partial charge is 0.417 e. The summed E-state index contributed by atoms with van der Waals surface area (Å²) in [4.78, 5) is 32.4. The van der Waals surface area contributed by atoms with Crippen LogP contribution in [0.15, 0.2) is 54.7 Å². The number of amides is 2. The molecule has 0 bridgehead atoms. The highest BCUT2D eigenvalue weighted by Gasteiger charge is 2.53. The maximum atomic E-state index is 13.8. The van der Waals surface area contributed by atoms with Crippen LogP contribution in [0.25, 0.3) is 10.9 Å². The number of nitrogens with zero attached hydrogens (tertiary/aromatic N) is 4. The average Bonchev–Trinajstić information content (AvgIpc) is 3.20. The first-order valence-electron chi connectivity index (χ1n) is 14.6. The first-order valence-corrected chi connectivity index (χ1v) is 15.0. The van der Waals surface area contributed by atoms with Crippen molar-refractivity contribution in [3.63, 3.8) is 0 Å². The van der Waals surface area contributed by atoms with Gasteiger partial charge in [0.05, 0.1) is 42.7 Å². The molecule has 3 aromatic rings. The Morgan fingerprint density at radius 2 is 1.91 bits per heavy atom. The Bertz CT molecular complexity index is 1620. The molecule has 0 aliphatic carbocycles. The topological polar surface area (TPSA) is 117 Å². The first kappa shape index (κ1) is 34.6. The number of fused-ring (bicyclic) bond motifs is 1. The van der Waals surface area contributed by atoms with E-state index >= 15 is 0 Å². The number of nitriles is 1. The van der Waals surface area contributed by atoms with Crippen LogP contribution in [0.2, 0.25) is 0 Å². The second kappa shape index (κ2) is 14.8. The quantitative estimate of drug-likeness (QED) is 0.185. The number of anilines is 1. The van der Waals surface area contributed by atoms with Crippen LogP contribution in [0.4, 0.5) is 18.9 Å². The minimum atomic E-state index is -4.83. The monoisotopic (exact) mass is 657 g/mol. The predicted molar refractivity (Wildman–Crippen MR) is 168 cm³/mol. The number of aromatic nitrogens is 1. The zero-order valence-corrected chi connectivity index (χ0v) is 26.4. The van der Waals surface area contributed by atoms with Crippen LogP contribution in [-0.2, 0) is 25.2 Å². The van der Waals surface area contributed by atoms with Crippen LogP contribution in [0.3, 0.4) is 0 Å². The Labute approximate surface area is 270 Å². The summed E-state index contributed by atoms with van der Waals surface area (Å²) >= 11 is 5.67. The maximum Gasteiger partial charge on any atom is 0.417 e. The Morgan fingerprint density at radius 1 is 1.15 bits per heavy atom. The highest BCUT2D eigenvalue weighted by molar-refractivity contribution is 7.80. The molecule has 0 spiro atoms. The van der Waals surface area contributed by atoms with E-state index in [9.17, 15) is 28.0 Å². The molecule has 244 valence electrons. The molecule has 1 saturated heterocycles. The lowest BCUT2D eigenvalue weighted by Gasteiger charge is -2.36. The van der Waals surface area contributed by atoms with Crippen LogP contribution in [0.5, 0.6) is 5.75 Å². The lowest BCUT2D eigenvalue weighted by molar-refractivity contribution is -0.138. The number of carbonyl (C=O) groups is 2. The number of nitrogens with one attached hydrogen (secondary N) is 1. The summed E-state index contributed by atoms with van der Waals surface area (Å²) in [7, 11) is 0. The van der Waals surface area contributed by atoms with E-state index in [4.69, 9.17) is 26.4 Å². The minimum absolute atomic E-state index is 0.0307. The number of rotatable bonds is 14. The number of benzene rings is 2. The molecule has 10 nitrogen and oxygen atoms in total. The van der Waals surface area contributed by atoms with Gasteiger partial charge >= 0.3 is 6.18 Å². The largest absolute Gasteiger partial charge is 0.489 e. The molecule has 14 heteroatoms. The van der Waals surface area contributed by atoms with Gasteiger partial charge in [-0.05, 0) is 62.8 Å². The van der Waals surface area contributed by atoms with Crippen molar-refractivity contribution in [3.8, 4) is 11.8 Å². The summed E-state index contributed by atoms with van der Waals surface area (Å²) in [6.07, 6.45) is -3.04. The molecular formula is C32H34F3N5O5S. The van der Waals surface area contributed by atoms with Gasteiger partial charge in [-0.3, -0.25) is 19.5 Å². The third-order valence-corrected chi connectivity index (χ3v) is 7.63. The molecule has 1 unspecified atom stereocenters. The zero-order valence-electron chi connectivity index (χ0n) is 25.6. The summed E-state index contributed by atoms with van der Waals surface area (Å²) in [5.74, 6) is -0.145. The number of halogens is 3. The molecule has 0 radical (unpaired) electrons. The number of carbonyl (C=O) groups excluding carboxylic acids is 2. The van der Waals surface area contributed by atoms with Gasteiger partial charge in [0.15, 0.2) is 11.3 Å². The Balaban J connectivity index is 1.54. The van der Waals surface area contributed by atoms with Crippen molar-refractivity contribution < 1.29 is 37.0 Å². The molecule has 4 rings (SSSR count). The molecule has 2 amide bonds. The highest BCUT2D eigenvalue weighted by Crippen LogP contribution is 2.38. The van der Waals surface area contributed by atoms with Gasteiger partial charge in [-0.15, -0.1) is 0 Å². The number of hydrogen-bond donors (Lipinski definition) is 1. The number of ether oxygens (including phenoxy) is 3. The van der Waals surface area contributed by atoms with Gasteiger partial charge in [-0.2, -0.15) is 18.4 Å². The SMILES string of the molecule is CCCC(=O)NCCOCC(OCCOc1cccc2cccnc12)N1C(=S)N(c2ccc(C#N)c(C(F)(F)F)c2)C(=O)C1(C)C. The van der Waals surface area contributed by atoms with E-state index in [1.54, 1.807) is 26.1 Å². The molecule has 1 N–H and O–H groups in total. The van der Waals surface area contributed by atoms with Gasteiger partial charge in [-0.1, -0.05) is 25.1 Å². The number of alkyl halides is 3. The van der Waals surface area contributed by atoms with E-state index in [-0.39, 0.29) is 49.7 Å². The molecule has 2 heterocycles. The third-order valence-electron chi connectivity index (χ3n) is 7.25. The van der Waals surface area contributed by atoms with Gasteiger partial charge in [0.1, 0.15) is 23.4 Å². The number of hydrogen-bond acceptors (Lipinski definition) is 8. The predicted octanol–water partition coefficient (Wildman–Crippen LogP) is 5.19. The lowest BCUT2D eigenvalue weighted by atomic mass is 10.0. The van der Waals surface area contributed by atoms with E-state index in [0.29, 0.717) is 24.1 Å². The molecule has 1 atom stereocenters. The fourth-order valence-electron chi connectivity index (χ4n) is 5.01. The average molecular weight is 658 g/mol. The Hall–Kier alpha value is -4.32. The van der Waals surface area contributed by atoms with E-state index in [0.717, 1.165) is 22.4 Å². The standard InChI is InChI=1S/C32H34F3N5O5S/c1-4-7-26(41)37-14-15-43-20-27(45-17-16-44-25-10-5-8-21-9-6-13-38-28(21)25)40-30(46)39(29(42)31(40,2)3)23-12-11-22(19-36)24(18-23)32(33,34)35/h5-6,8-13,18,27H,4,7,14-17,20H2,1-3H3,(H,37,41). The molecule has 1 aromatic heterocycles.